The first-order valence-electron chi connectivity index (χ1n) is 6.03. The second kappa shape index (κ2) is 5.58. The number of nitrogens with one attached hydrogen (secondary N) is 1. The quantitative estimate of drug-likeness (QED) is 0.818. The summed E-state index contributed by atoms with van der Waals surface area (Å²) in [4.78, 5) is 34.1. The maximum atomic E-state index is 11.9. The lowest BCUT2D eigenvalue weighted by Gasteiger charge is -2.27. The van der Waals surface area contributed by atoms with Gasteiger partial charge < -0.3 is 10.1 Å². The minimum atomic E-state index is -0.390. The Morgan fingerprint density at radius 2 is 2.00 bits per heavy atom. The Balaban J connectivity index is 2.02. The lowest BCUT2D eigenvalue weighted by molar-refractivity contribution is -0.125. The summed E-state index contributed by atoms with van der Waals surface area (Å²) in [7, 11) is 0. The van der Waals surface area contributed by atoms with Gasteiger partial charge in [0.25, 0.3) is 5.91 Å². The zero-order valence-corrected chi connectivity index (χ0v) is 9.96. The Hall–Kier alpha value is -1.97. The molecule has 0 spiro atoms. The molecule has 1 N–H and O–H groups in total. The van der Waals surface area contributed by atoms with Crippen LogP contribution in [0, 0.1) is 5.92 Å². The highest BCUT2D eigenvalue weighted by Crippen LogP contribution is 2.20. The predicted octanol–water partition coefficient (Wildman–Crippen LogP) is 1.35. The summed E-state index contributed by atoms with van der Waals surface area (Å²) in [5.74, 6) is -0.488. The van der Waals surface area contributed by atoms with Gasteiger partial charge in [-0.1, -0.05) is 18.2 Å². The molecule has 4 heteroatoms. The molecule has 1 fully saturated rings. The minimum Gasteiger partial charge on any atom is -0.349 e. The van der Waals surface area contributed by atoms with E-state index in [0.29, 0.717) is 18.4 Å². The van der Waals surface area contributed by atoms with E-state index >= 15 is 0 Å². The van der Waals surface area contributed by atoms with Crippen LogP contribution < -0.4 is 5.32 Å². The Morgan fingerprint density at radius 3 is 2.67 bits per heavy atom. The molecule has 0 saturated heterocycles. The van der Waals surface area contributed by atoms with Crippen LogP contribution in [-0.4, -0.2) is 24.0 Å². The monoisotopic (exact) mass is 245 g/mol. The van der Waals surface area contributed by atoms with Crippen LogP contribution in [0.2, 0.25) is 0 Å². The molecule has 0 heterocycles. The Kier molecular flexibility index (Phi) is 3.87. The molecule has 1 aliphatic rings. The van der Waals surface area contributed by atoms with Gasteiger partial charge in [0.15, 0.2) is 0 Å². The molecule has 1 amide bonds. The molecule has 0 aliphatic heterocycles. The van der Waals surface area contributed by atoms with E-state index in [0.717, 1.165) is 6.29 Å². The number of ketones is 1. The Bertz CT molecular complexity index is 455. The molecule has 2 rings (SSSR count). The highest BCUT2D eigenvalue weighted by atomic mass is 16.2. The third-order valence-electron chi connectivity index (χ3n) is 3.24. The fraction of sp³-hybridized carbons (Fsp3) is 0.357. The molecule has 4 nitrogen and oxygen atoms in total. The van der Waals surface area contributed by atoms with E-state index < -0.39 is 0 Å². The zero-order valence-electron chi connectivity index (χ0n) is 9.96. The van der Waals surface area contributed by atoms with Crippen molar-refractivity contribution in [2.45, 2.75) is 25.3 Å². The number of hydrogen-bond donors (Lipinski definition) is 1. The van der Waals surface area contributed by atoms with Crippen molar-refractivity contribution in [3.63, 3.8) is 0 Å². The molecule has 0 unspecified atom stereocenters. The second-order valence-electron chi connectivity index (χ2n) is 4.53. The molecule has 0 bridgehead atoms. The van der Waals surface area contributed by atoms with Gasteiger partial charge in [0, 0.05) is 30.4 Å². The van der Waals surface area contributed by atoms with Crippen LogP contribution in [0.25, 0.3) is 0 Å². The highest BCUT2D eigenvalue weighted by Gasteiger charge is 2.30. The predicted molar refractivity (Wildman–Crippen MR) is 66.1 cm³/mol. The van der Waals surface area contributed by atoms with E-state index in [1.807, 2.05) is 6.07 Å². The topological polar surface area (TPSA) is 63.2 Å². The van der Waals surface area contributed by atoms with Crippen LogP contribution in [-0.2, 0) is 9.59 Å². The average molecular weight is 245 g/mol. The van der Waals surface area contributed by atoms with Crippen molar-refractivity contribution in [1.82, 2.24) is 5.32 Å². The third-order valence-corrected chi connectivity index (χ3v) is 3.24. The van der Waals surface area contributed by atoms with Gasteiger partial charge in [-0.25, -0.2) is 0 Å². The van der Waals surface area contributed by atoms with Gasteiger partial charge in [0.2, 0.25) is 0 Å². The van der Waals surface area contributed by atoms with E-state index in [1.165, 1.54) is 0 Å². The van der Waals surface area contributed by atoms with E-state index in [-0.39, 0.29) is 30.1 Å². The van der Waals surface area contributed by atoms with Crippen LogP contribution in [0.1, 0.15) is 29.6 Å². The van der Waals surface area contributed by atoms with Gasteiger partial charge in [-0.05, 0) is 18.6 Å². The largest absolute Gasteiger partial charge is 0.349 e. The number of Topliss-reactive ketones (excluding diaryl/α,β-unsaturated/α-hetero) is 1. The summed E-state index contributed by atoms with van der Waals surface area (Å²) in [5.41, 5.74) is 0.569. The van der Waals surface area contributed by atoms with Crippen molar-refractivity contribution in [1.29, 1.82) is 0 Å². The van der Waals surface area contributed by atoms with Crippen LogP contribution in [0.15, 0.2) is 30.3 Å². The lowest BCUT2D eigenvalue weighted by Crippen LogP contribution is -2.44. The molecule has 1 aliphatic carbocycles. The molecular weight excluding hydrogens is 230 g/mol. The molecular formula is C14H15NO3. The van der Waals surface area contributed by atoms with Crippen molar-refractivity contribution in [3.05, 3.63) is 35.9 Å². The van der Waals surface area contributed by atoms with Gasteiger partial charge >= 0.3 is 0 Å². The number of rotatable bonds is 3. The van der Waals surface area contributed by atoms with Crippen molar-refractivity contribution >= 4 is 18.0 Å². The first kappa shape index (κ1) is 12.5. The summed E-state index contributed by atoms with van der Waals surface area (Å²) >= 11 is 0. The van der Waals surface area contributed by atoms with E-state index in [2.05, 4.69) is 5.32 Å². The molecule has 94 valence electrons. The number of amides is 1. The molecule has 18 heavy (non-hydrogen) atoms. The van der Waals surface area contributed by atoms with Crippen LogP contribution in [0.5, 0.6) is 0 Å². The number of hydrogen-bond acceptors (Lipinski definition) is 3. The van der Waals surface area contributed by atoms with E-state index in [4.69, 9.17) is 0 Å². The van der Waals surface area contributed by atoms with Gasteiger partial charge in [-0.15, -0.1) is 0 Å². The average Bonchev–Trinajstić information content (AvgIpc) is 2.41. The lowest BCUT2D eigenvalue weighted by atomic mass is 9.84. The molecule has 1 aromatic rings. The molecule has 0 radical (unpaired) electrons. The number of aldehydes is 1. The third kappa shape index (κ3) is 2.83. The summed E-state index contributed by atoms with van der Waals surface area (Å²) in [6, 6.07) is 8.63. The first-order chi connectivity index (χ1) is 8.70. The van der Waals surface area contributed by atoms with Crippen LogP contribution in [0.4, 0.5) is 0 Å². The van der Waals surface area contributed by atoms with Crippen molar-refractivity contribution in [2.75, 3.05) is 0 Å². The van der Waals surface area contributed by atoms with Crippen molar-refractivity contribution in [2.24, 2.45) is 5.92 Å². The Labute approximate surface area is 105 Å². The van der Waals surface area contributed by atoms with Gasteiger partial charge in [0.05, 0.1) is 0 Å². The number of carbonyl (C=O) groups excluding carboxylic acids is 3. The summed E-state index contributed by atoms with van der Waals surface area (Å²) in [6.45, 7) is 0. The SMILES string of the molecule is O=C[C@H]1CC(=O)CC[C@H]1NC(=O)c1ccccc1. The summed E-state index contributed by atoms with van der Waals surface area (Å²) in [5, 5.41) is 2.83. The maximum Gasteiger partial charge on any atom is 0.251 e. The minimum absolute atomic E-state index is 0.0947. The van der Waals surface area contributed by atoms with E-state index in [1.54, 1.807) is 24.3 Å². The van der Waals surface area contributed by atoms with Gasteiger partial charge in [-0.3, -0.25) is 9.59 Å². The standard InChI is InChI=1S/C14H15NO3/c16-9-11-8-12(17)6-7-13(11)15-14(18)10-4-2-1-3-5-10/h1-5,9,11,13H,6-8H2,(H,15,18)/t11-,13-/m1/s1. The van der Waals surface area contributed by atoms with Crippen LogP contribution >= 0.6 is 0 Å². The second-order valence-corrected chi connectivity index (χ2v) is 4.53. The summed E-state index contributed by atoms with van der Waals surface area (Å²) < 4.78 is 0. The van der Waals surface area contributed by atoms with Crippen LogP contribution in [0.3, 0.4) is 0 Å². The Morgan fingerprint density at radius 1 is 1.28 bits per heavy atom. The fourth-order valence-corrected chi connectivity index (χ4v) is 2.20. The zero-order chi connectivity index (χ0) is 13.0. The van der Waals surface area contributed by atoms with Gasteiger partial charge in [-0.2, -0.15) is 0 Å². The maximum absolute atomic E-state index is 11.9. The normalized spacial score (nSPS) is 23.4. The van der Waals surface area contributed by atoms with Crippen molar-refractivity contribution < 1.29 is 14.4 Å². The first-order valence-corrected chi connectivity index (χ1v) is 6.03. The van der Waals surface area contributed by atoms with Gasteiger partial charge in [0.1, 0.15) is 12.1 Å². The smallest absolute Gasteiger partial charge is 0.251 e. The molecule has 1 saturated carbocycles. The number of benzene rings is 1. The fourth-order valence-electron chi connectivity index (χ4n) is 2.20. The molecule has 0 aromatic heterocycles. The highest BCUT2D eigenvalue weighted by molar-refractivity contribution is 5.94. The number of carbonyl (C=O) groups is 3. The molecule has 1 aromatic carbocycles. The van der Waals surface area contributed by atoms with Crippen molar-refractivity contribution in [3.8, 4) is 0 Å². The van der Waals surface area contributed by atoms with E-state index in [9.17, 15) is 14.4 Å². The summed E-state index contributed by atoms with van der Waals surface area (Å²) in [6.07, 6.45) is 1.99. The molecule has 2 atom stereocenters.